The van der Waals surface area contributed by atoms with Crippen LogP contribution in [0.2, 0.25) is 0 Å². The Hall–Kier alpha value is -1.67. The van der Waals surface area contributed by atoms with E-state index in [0.717, 1.165) is 0 Å². The van der Waals surface area contributed by atoms with Crippen molar-refractivity contribution in [3.8, 4) is 6.07 Å². The molecule has 8 nitrogen and oxygen atoms in total. The molecule has 0 aromatic heterocycles. The lowest BCUT2D eigenvalue weighted by Gasteiger charge is -2.09. The average molecular weight is 332 g/mol. The van der Waals surface area contributed by atoms with Gasteiger partial charge in [-0.3, -0.25) is 0 Å². The third-order valence-electron chi connectivity index (χ3n) is 2.44. The topological polar surface area (TPSA) is 142 Å². The van der Waals surface area contributed by atoms with Crippen LogP contribution in [0.3, 0.4) is 0 Å². The number of anilines is 1. The Kier molecular flexibility index (Phi) is 5.68. The molecule has 0 atom stereocenters. The lowest BCUT2D eigenvalue weighted by Crippen LogP contribution is -2.34. The van der Waals surface area contributed by atoms with Gasteiger partial charge in [0, 0.05) is 18.8 Å². The fraction of sp³-hybridized carbons (Fsp3) is 0.364. The minimum atomic E-state index is -3.98. The van der Waals surface area contributed by atoms with Crippen molar-refractivity contribution in [1.82, 2.24) is 9.44 Å². The first-order valence-electron chi connectivity index (χ1n) is 5.98. The van der Waals surface area contributed by atoms with Crippen molar-refractivity contribution in [2.24, 2.45) is 0 Å². The maximum absolute atomic E-state index is 12.0. The molecule has 10 heteroatoms. The molecule has 1 rings (SSSR count). The van der Waals surface area contributed by atoms with Crippen LogP contribution in [0.15, 0.2) is 23.1 Å². The van der Waals surface area contributed by atoms with E-state index in [4.69, 9.17) is 11.0 Å². The largest absolute Gasteiger partial charge is 0.399 e. The molecule has 21 heavy (non-hydrogen) atoms. The zero-order valence-electron chi connectivity index (χ0n) is 11.3. The summed E-state index contributed by atoms with van der Waals surface area (Å²) in [7, 11) is -7.50. The summed E-state index contributed by atoms with van der Waals surface area (Å²) in [4.78, 5) is -0.236. The number of rotatable bonds is 7. The third kappa shape index (κ3) is 4.98. The van der Waals surface area contributed by atoms with Crippen LogP contribution in [0.1, 0.15) is 12.5 Å². The van der Waals surface area contributed by atoms with E-state index < -0.39 is 25.8 Å². The molecule has 0 spiro atoms. The van der Waals surface area contributed by atoms with Crippen LogP contribution in [0, 0.1) is 11.3 Å². The van der Waals surface area contributed by atoms with E-state index in [0.29, 0.717) is 0 Å². The van der Waals surface area contributed by atoms with Crippen LogP contribution in [-0.4, -0.2) is 35.7 Å². The molecule has 0 radical (unpaired) electrons. The Morgan fingerprint density at radius 1 is 1.24 bits per heavy atom. The molecule has 0 saturated heterocycles. The first-order valence-corrected chi connectivity index (χ1v) is 9.12. The SMILES string of the molecule is CCNS(=O)(=O)CCNS(=O)(=O)c1ccc(N)cc1C#N. The molecule has 1 aromatic carbocycles. The number of benzene rings is 1. The first-order chi connectivity index (χ1) is 9.72. The number of nitrogens with two attached hydrogens (primary N) is 1. The second-order valence-electron chi connectivity index (χ2n) is 4.08. The van der Waals surface area contributed by atoms with Gasteiger partial charge < -0.3 is 5.73 Å². The van der Waals surface area contributed by atoms with Gasteiger partial charge in [-0.25, -0.2) is 26.3 Å². The Morgan fingerprint density at radius 3 is 2.48 bits per heavy atom. The van der Waals surface area contributed by atoms with Crippen LogP contribution in [-0.2, 0) is 20.0 Å². The number of sulfonamides is 2. The number of hydrogen-bond acceptors (Lipinski definition) is 6. The number of nitriles is 1. The maximum Gasteiger partial charge on any atom is 0.241 e. The van der Waals surface area contributed by atoms with E-state index in [9.17, 15) is 16.8 Å². The number of hydrogen-bond donors (Lipinski definition) is 3. The highest BCUT2D eigenvalue weighted by Gasteiger charge is 2.19. The molecule has 1 aromatic rings. The minimum absolute atomic E-state index is 0.1000. The molecule has 116 valence electrons. The number of nitrogens with zero attached hydrogens (tertiary/aromatic N) is 1. The van der Waals surface area contributed by atoms with Crippen molar-refractivity contribution < 1.29 is 16.8 Å². The Labute approximate surface area is 124 Å². The summed E-state index contributed by atoms with van der Waals surface area (Å²) in [5, 5.41) is 8.93. The second kappa shape index (κ2) is 6.86. The van der Waals surface area contributed by atoms with Gasteiger partial charge in [-0.1, -0.05) is 6.92 Å². The average Bonchev–Trinajstić information content (AvgIpc) is 2.37. The smallest absolute Gasteiger partial charge is 0.241 e. The third-order valence-corrected chi connectivity index (χ3v) is 5.43. The van der Waals surface area contributed by atoms with Gasteiger partial charge in [-0.05, 0) is 18.2 Å². The van der Waals surface area contributed by atoms with Gasteiger partial charge in [0.15, 0.2) is 0 Å². The van der Waals surface area contributed by atoms with Gasteiger partial charge in [0.2, 0.25) is 20.0 Å². The summed E-state index contributed by atoms with van der Waals surface area (Å²) >= 11 is 0. The second-order valence-corrected chi connectivity index (χ2v) is 7.74. The van der Waals surface area contributed by atoms with Crippen molar-refractivity contribution in [3.05, 3.63) is 23.8 Å². The van der Waals surface area contributed by atoms with E-state index in [1.165, 1.54) is 18.2 Å². The zero-order valence-corrected chi connectivity index (χ0v) is 13.0. The van der Waals surface area contributed by atoms with Crippen molar-refractivity contribution in [3.63, 3.8) is 0 Å². The maximum atomic E-state index is 12.0. The molecule has 0 aliphatic carbocycles. The molecule has 0 amide bonds. The van der Waals surface area contributed by atoms with Crippen LogP contribution in [0.4, 0.5) is 5.69 Å². The molecular formula is C11H16N4O4S2. The molecule has 0 aliphatic rings. The monoisotopic (exact) mass is 332 g/mol. The predicted octanol–water partition coefficient (Wildman–Crippen LogP) is -0.642. The normalized spacial score (nSPS) is 12.0. The summed E-state index contributed by atoms with van der Waals surface area (Å²) in [5.74, 6) is -0.392. The van der Waals surface area contributed by atoms with E-state index in [1.807, 2.05) is 0 Å². The molecule has 0 saturated carbocycles. The lowest BCUT2D eigenvalue weighted by atomic mass is 10.2. The van der Waals surface area contributed by atoms with E-state index in [2.05, 4.69) is 9.44 Å². The number of nitrogens with one attached hydrogen (secondary N) is 2. The molecule has 0 unspecified atom stereocenters. The molecule has 0 aliphatic heterocycles. The molecule has 4 N–H and O–H groups in total. The summed E-state index contributed by atoms with van der Waals surface area (Å²) < 4.78 is 51.3. The van der Waals surface area contributed by atoms with Gasteiger partial charge in [0.1, 0.15) is 6.07 Å². The molecule has 0 bridgehead atoms. The van der Waals surface area contributed by atoms with Gasteiger partial charge in [0.25, 0.3) is 0 Å². The Balaban J connectivity index is 2.87. The predicted molar refractivity (Wildman–Crippen MR) is 78.2 cm³/mol. The van der Waals surface area contributed by atoms with Crippen molar-refractivity contribution in [2.45, 2.75) is 11.8 Å². The molecular weight excluding hydrogens is 316 g/mol. The van der Waals surface area contributed by atoms with Crippen LogP contribution < -0.4 is 15.2 Å². The van der Waals surface area contributed by atoms with Crippen LogP contribution in [0.5, 0.6) is 0 Å². The Morgan fingerprint density at radius 2 is 1.90 bits per heavy atom. The molecule has 0 fully saturated rings. The summed E-state index contributed by atoms with van der Waals surface area (Å²) in [6, 6.07) is 5.54. The van der Waals surface area contributed by atoms with E-state index >= 15 is 0 Å². The van der Waals surface area contributed by atoms with Gasteiger partial charge in [0.05, 0.1) is 16.2 Å². The summed E-state index contributed by atoms with van der Waals surface area (Å²) in [6.45, 7) is 1.55. The fourth-order valence-corrected chi connectivity index (χ4v) is 3.80. The summed E-state index contributed by atoms with van der Waals surface area (Å²) in [6.07, 6.45) is 0. The van der Waals surface area contributed by atoms with E-state index in [-0.39, 0.29) is 29.2 Å². The van der Waals surface area contributed by atoms with Crippen molar-refractivity contribution in [1.29, 1.82) is 5.26 Å². The highest BCUT2D eigenvalue weighted by molar-refractivity contribution is 7.90. The first kappa shape index (κ1) is 17.4. The van der Waals surface area contributed by atoms with Crippen LogP contribution >= 0.6 is 0 Å². The fourth-order valence-electron chi connectivity index (χ4n) is 1.55. The molecule has 0 heterocycles. The highest BCUT2D eigenvalue weighted by atomic mass is 32.2. The minimum Gasteiger partial charge on any atom is -0.399 e. The Bertz CT molecular complexity index is 751. The van der Waals surface area contributed by atoms with Gasteiger partial charge >= 0.3 is 0 Å². The van der Waals surface area contributed by atoms with E-state index in [1.54, 1.807) is 13.0 Å². The lowest BCUT2D eigenvalue weighted by molar-refractivity contribution is 0.576. The highest BCUT2D eigenvalue weighted by Crippen LogP contribution is 2.17. The zero-order chi connectivity index (χ0) is 16.1. The van der Waals surface area contributed by atoms with Crippen molar-refractivity contribution in [2.75, 3.05) is 24.6 Å². The van der Waals surface area contributed by atoms with Crippen LogP contribution in [0.25, 0.3) is 0 Å². The van der Waals surface area contributed by atoms with Gasteiger partial charge in [-0.2, -0.15) is 5.26 Å². The summed E-state index contributed by atoms with van der Waals surface area (Å²) in [5.41, 5.74) is 5.65. The quantitative estimate of drug-likeness (QED) is 0.567. The van der Waals surface area contributed by atoms with Gasteiger partial charge in [-0.15, -0.1) is 0 Å². The number of nitrogen functional groups attached to an aromatic ring is 1. The standard InChI is InChI=1S/C11H16N4O4S2/c1-2-14-20(16,17)6-5-15-21(18,19)11-4-3-10(13)7-9(11)8-12/h3-4,7,14-15H,2,5-6,13H2,1H3. The van der Waals surface area contributed by atoms with Crippen molar-refractivity contribution >= 4 is 25.7 Å².